The number of hydrogen-bond donors (Lipinski definition) is 2. The normalized spacial score (nSPS) is 17.7. The first-order chi connectivity index (χ1) is 21.1. The number of ketones is 1. The smallest absolute Gasteiger partial charge is 0.269 e. The van der Waals surface area contributed by atoms with Gasteiger partial charge in [-0.25, -0.2) is 0 Å². The average molecular weight is 600 g/mol. The monoisotopic (exact) mass is 599 g/mol. The molecule has 5 rings (SSSR count). The van der Waals surface area contributed by atoms with Crippen molar-refractivity contribution in [1.82, 2.24) is 0 Å². The highest BCUT2D eigenvalue weighted by Crippen LogP contribution is 2.51. The predicted molar refractivity (Wildman–Crippen MR) is 165 cm³/mol. The van der Waals surface area contributed by atoms with Gasteiger partial charge >= 0.3 is 0 Å². The summed E-state index contributed by atoms with van der Waals surface area (Å²) in [7, 11) is 6.01. The minimum atomic E-state index is -0.865. The lowest BCUT2D eigenvalue weighted by molar-refractivity contribution is -0.384. The SMILES string of the molecule is COc1ccc(C(O)=C2C(=N)N(c3ccc([N+](=O)[O-])cc3C)C3=C(C(=O)CCC3)[C@@H]2c2cc(OC)c(OC)c(OC)c2)cc1. The minimum absolute atomic E-state index is 0.0672. The molecule has 0 saturated heterocycles. The van der Waals surface area contributed by atoms with Crippen LogP contribution >= 0.6 is 0 Å². The molecule has 0 spiro atoms. The van der Waals surface area contributed by atoms with E-state index >= 15 is 0 Å². The Morgan fingerprint density at radius 2 is 1.61 bits per heavy atom. The second-order valence-electron chi connectivity index (χ2n) is 10.4. The predicted octanol–water partition coefficient (Wildman–Crippen LogP) is 6.50. The molecule has 3 aromatic rings. The van der Waals surface area contributed by atoms with E-state index in [2.05, 4.69) is 0 Å². The molecule has 228 valence electrons. The van der Waals surface area contributed by atoms with Crippen LogP contribution in [0.25, 0.3) is 5.76 Å². The molecule has 0 bridgehead atoms. The van der Waals surface area contributed by atoms with E-state index in [1.807, 2.05) is 0 Å². The number of ether oxygens (including phenoxy) is 4. The van der Waals surface area contributed by atoms with Crippen LogP contribution in [-0.4, -0.2) is 50.1 Å². The number of anilines is 1. The van der Waals surface area contributed by atoms with Crippen molar-refractivity contribution in [3.05, 3.63) is 98.2 Å². The van der Waals surface area contributed by atoms with E-state index in [1.54, 1.807) is 54.3 Å². The molecule has 44 heavy (non-hydrogen) atoms. The van der Waals surface area contributed by atoms with E-state index < -0.39 is 10.8 Å². The van der Waals surface area contributed by atoms with Gasteiger partial charge in [-0.2, -0.15) is 0 Å². The fraction of sp³-hybridized carbons (Fsp3) is 0.273. The van der Waals surface area contributed by atoms with E-state index in [0.29, 0.717) is 69.5 Å². The maximum absolute atomic E-state index is 13.9. The molecular weight excluding hydrogens is 566 g/mol. The van der Waals surface area contributed by atoms with Gasteiger partial charge in [0.05, 0.1) is 39.0 Å². The van der Waals surface area contributed by atoms with Crippen LogP contribution in [0.15, 0.2) is 71.4 Å². The molecule has 0 aromatic heterocycles. The molecule has 0 radical (unpaired) electrons. The largest absolute Gasteiger partial charge is 0.507 e. The van der Waals surface area contributed by atoms with Crippen molar-refractivity contribution in [2.75, 3.05) is 33.3 Å². The third-order valence-corrected chi connectivity index (χ3v) is 8.03. The van der Waals surface area contributed by atoms with Crippen LogP contribution in [-0.2, 0) is 4.79 Å². The summed E-state index contributed by atoms with van der Waals surface area (Å²) in [4.78, 5) is 26.5. The zero-order valence-corrected chi connectivity index (χ0v) is 25.1. The number of aryl methyl sites for hydroxylation is 1. The standard InChI is InChI=1S/C33H33N3O8/c1-18-15-21(36(39)40)11-14-23(18)35-24-7-6-8-25(37)29(24)28(20-16-26(42-3)32(44-5)27(17-20)43-4)30(33(35)34)31(38)19-9-12-22(41-2)13-10-19/h9-17,28,34,38H,6-8H2,1-5H3/t28-/m0/s1. The van der Waals surface area contributed by atoms with Crippen molar-refractivity contribution in [3.63, 3.8) is 0 Å². The molecule has 1 heterocycles. The van der Waals surface area contributed by atoms with Crippen LogP contribution < -0.4 is 23.8 Å². The van der Waals surface area contributed by atoms with E-state index in [4.69, 9.17) is 18.9 Å². The number of non-ortho nitro benzene ring substituents is 1. The Kier molecular flexibility index (Phi) is 8.30. The summed E-state index contributed by atoms with van der Waals surface area (Å²) in [6, 6.07) is 14.6. The number of hydrogen-bond acceptors (Lipinski definition) is 9. The molecule has 2 N–H and O–H groups in total. The summed E-state index contributed by atoms with van der Waals surface area (Å²) in [5.74, 6) is 0.404. The van der Waals surface area contributed by atoms with Crippen LogP contribution in [0.4, 0.5) is 11.4 Å². The molecule has 1 aliphatic carbocycles. The zero-order valence-electron chi connectivity index (χ0n) is 25.1. The number of nitrogens with one attached hydrogen (secondary N) is 1. The highest BCUT2D eigenvalue weighted by molar-refractivity contribution is 6.20. The Hall–Kier alpha value is -5.32. The molecule has 0 unspecified atom stereocenters. The molecule has 0 saturated carbocycles. The van der Waals surface area contributed by atoms with Gasteiger partial charge in [-0.1, -0.05) is 0 Å². The highest BCUT2D eigenvalue weighted by Gasteiger charge is 2.44. The Balaban J connectivity index is 1.86. The van der Waals surface area contributed by atoms with Gasteiger partial charge in [-0.05, 0) is 73.4 Å². The van der Waals surface area contributed by atoms with Crippen molar-refractivity contribution in [3.8, 4) is 23.0 Å². The number of aliphatic hydroxyl groups is 1. The molecule has 1 aliphatic heterocycles. The number of benzene rings is 3. The van der Waals surface area contributed by atoms with Crippen molar-refractivity contribution in [2.45, 2.75) is 32.1 Å². The van der Waals surface area contributed by atoms with Crippen molar-refractivity contribution >= 4 is 28.8 Å². The molecule has 3 aromatic carbocycles. The van der Waals surface area contributed by atoms with Crippen LogP contribution in [0.3, 0.4) is 0 Å². The first-order valence-electron chi connectivity index (χ1n) is 13.9. The number of allylic oxidation sites excluding steroid dienone is 2. The maximum Gasteiger partial charge on any atom is 0.269 e. The number of nitro groups is 1. The summed E-state index contributed by atoms with van der Waals surface area (Å²) >= 11 is 0. The first kappa shape index (κ1) is 30.1. The number of Topliss-reactive ketones (excluding diaryl/α,β-unsaturated/α-hetero) is 1. The molecule has 11 nitrogen and oxygen atoms in total. The van der Waals surface area contributed by atoms with Crippen LogP contribution in [0.1, 0.15) is 41.9 Å². The Morgan fingerprint density at radius 3 is 2.16 bits per heavy atom. The molecule has 0 fully saturated rings. The minimum Gasteiger partial charge on any atom is -0.507 e. The summed E-state index contributed by atoms with van der Waals surface area (Å²) in [5.41, 5.74) is 3.14. The van der Waals surface area contributed by atoms with Gasteiger partial charge in [-0.15, -0.1) is 0 Å². The summed E-state index contributed by atoms with van der Waals surface area (Å²) in [6.07, 6.45) is 1.34. The topological polar surface area (TPSA) is 144 Å². The fourth-order valence-corrected chi connectivity index (χ4v) is 5.97. The molecule has 11 heteroatoms. The quantitative estimate of drug-likeness (QED) is 0.168. The van der Waals surface area contributed by atoms with Gasteiger partial charge in [0.15, 0.2) is 17.3 Å². The van der Waals surface area contributed by atoms with E-state index in [9.17, 15) is 25.4 Å². The number of nitrogens with zero attached hydrogens (tertiary/aromatic N) is 2. The number of methoxy groups -OCH3 is 4. The second-order valence-corrected chi connectivity index (χ2v) is 10.4. The molecule has 0 amide bonds. The Labute approximate surface area is 254 Å². The summed E-state index contributed by atoms with van der Waals surface area (Å²) in [6.45, 7) is 1.72. The number of carbonyl (C=O) groups excluding carboxylic acids is 1. The van der Waals surface area contributed by atoms with Crippen LogP contribution in [0.5, 0.6) is 23.0 Å². The van der Waals surface area contributed by atoms with Gasteiger partial charge in [0.1, 0.15) is 17.3 Å². The van der Waals surface area contributed by atoms with Crippen molar-refractivity contribution < 1.29 is 33.8 Å². The van der Waals surface area contributed by atoms with E-state index in [-0.39, 0.29) is 35.1 Å². The fourth-order valence-electron chi connectivity index (χ4n) is 5.97. The van der Waals surface area contributed by atoms with Crippen molar-refractivity contribution in [2.24, 2.45) is 0 Å². The molecular formula is C33H33N3O8. The number of amidine groups is 1. The molecule has 1 atom stereocenters. The van der Waals surface area contributed by atoms with Gasteiger partial charge in [0, 0.05) is 46.9 Å². The lowest BCUT2D eigenvalue weighted by Crippen LogP contribution is -2.42. The van der Waals surface area contributed by atoms with E-state index in [1.165, 1.54) is 40.6 Å². The number of nitro benzene ring substituents is 1. The van der Waals surface area contributed by atoms with Gasteiger partial charge < -0.3 is 24.1 Å². The third-order valence-electron chi connectivity index (χ3n) is 8.03. The average Bonchev–Trinajstić information content (AvgIpc) is 3.03. The first-order valence-corrected chi connectivity index (χ1v) is 13.9. The van der Waals surface area contributed by atoms with Gasteiger partial charge in [-0.3, -0.25) is 25.2 Å². The van der Waals surface area contributed by atoms with Crippen molar-refractivity contribution in [1.29, 1.82) is 5.41 Å². The number of rotatable bonds is 8. The van der Waals surface area contributed by atoms with Gasteiger partial charge in [0.25, 0.3) is 5.69 Å². The lowest BCUT2D eigenvalue weighted by atomic mass is 9.73. The van der Waals surface area contributed by atoms with Crippen LogP contribution in [0, 0.1) is 22.4 Å². The Morgan fingerprint density at radius 1 is 0.955 bits per heavy atom. The Bertz CT molecular complexity index is 1700. The third kappa shape index (κ3) is 5.10. The van der Waals surface area contributed by atoms with E-state index in [0.717, 1.165) is 0 Å². The van der Waals surface area contributed by atoms with Gasteiger partial charge in [0.2, 0.25) is 5.75 Å². The highest BCUT2D eigenvalue weighted by atomic mass is 16.6. The number of carbonyl (C=O) groups is 1. The maximum atomic E-state index is 13.9. The lowest BCUT2D eigenvalue weighted by Gasteiger charge is -2.42. The summed E-state index contributed by atoms with van der Waals surface area (Å²) in [5, 5.41) is 33.0. The zero-order chi connectivity index (χ0) is 31.7. The second kappa shape index (κ2) is 12.1. The number of aliphatic hydroxyl groups excluding tert-OH is 1. The van der Waals surface area contributed by atoms with Crippen LogP contribution in [0.2, 0.25) is 0 Å². The molecule has 2 aliphatic rings. The summed E-state index contributed by atoms with van der Waals surface area (Å²) < 4.78 is 22.1.